The molecule has 4 unspecified atom stereocenters. The highest BCUT2D eigenvalue weighted by atomic mass is 16.5. The van der Waals surface area contributed by atoms with E-state index in [-0.39, 0.29) is 0 Å². The van der Waals surface area contributed by atoms with Gasteiger partial charge in [-0.25, -0.2) is 0 Å². The predicted molar refractivity (Wildman–Crippen MR) is 66.4 cm³/mol. The van der Waals surface area contributed by atoms with Crippen LogP contribution >= 0.6 is 0 Å². The number of ether oxygens (including phenoxy) is 1. The van der Waals surface area contributed by atoms with E-state index >= 15 is 0 Å². The summed E-state index contributed by atoms with van der Waals surface area (Å²) in [4.78, 5) is 2.59. The summed E-state index contributed by atoms with van der Waals surface area (Å²) in [6, 6.07) is 1.03. The molecule has 2 saturated heterocycles. The Morgan fingerprint density at radius 3 is 2.81 bits per heavy atom. The molecule has 0 spiro atoms. The average Bonchev–Trinajstić information content (AvgIpc) is 2.78. The van der Waals surface area contributed by atoms with Crippen molar-refractivity contribution in [1.29, 1.82) is 0 Å². The van der Waals surface area contributed by atoms with Crippen molar-refractivity contribution in [2.75, 3.05) is 19.7 Å². The van der Waals surface area contributed by atoms with Crippen LogP contribution in [0.15, 0.2) is 0 Å². The second kappa shape index (κ2) is 5.48. The van der Waals surface area contributed by atoms with E-state index in [2.05, 4.69) is 18.7 Å². The van der Waals surface area contributed by atoms with E-state index in [0.29, 0.717) is 24.1 Å². The summed E-state index contributed by atoms with van der Waals surface area (Å²) in [5, 5.41) is 0. The summed E-state index contributed by atoms with van der Waals surface area (Å²) in [6.45, 7) is 7.93. The molecule has 2 fully saturated rings. The highest BCUT2D eigenvalue weighted by Crippen LogP contribution is 2.23. The first kappa shape index (κ1) is 12.3. The van der Waals surface area contributed by atoms with Crippen LogP contribution in [0.2, 0.25) is 0 Å². The molecule has 0 saturated carbocycles. The lowest BCUT2D eigenvalue weighted by Crippen LogP contribution is -2.52. The minimum Gasteiger partial charge on any atom is -0.378 e. The Morgan fingerprint density at radius 1 is 1.31 bits per heavy atom. The molecular weight excluding hydrogens is 200 g/mol. The summed E-state index contributed by atoms with van der Waals surface area (Å²) in [6.07, 6.45) is 5.39. The topological polar surface area (TPSA) is 38.5 Å². The lowest BCUT2D eigenvalue weighted by molar-refractivity contribution is 0.0592. The van der Waals surface area contributed by atoms with Crippen LogP contribution in [0, 0.1) is 5.92 Å². The summed E-state index contributed by atoms with van der Waals surface area (Å²) in [7, 11) is 0. The van der Waals surface area contributed by atoms with Crippen LogP contribution in [0.3, 0.4) is 0 Å². The number of hydrogen-bond donors (Lipinski definition) is 1. The molecule has 2 N–H and O–H groups in total. The summed E-state index contributed by atoms with van der Waals surface area (Å²) < 4.78 is 5.68. The van der Waals surface area contributed by atoms with Gasteiger partial charge < -0.3 is 15.4 Å². The van der Waals surface area contributed by atoms with Crippen molar-refractivity contribution in [2.45, 2.75) is 57.7 Å². The molecule has 2 heterocycles. The second-order valence-corrected chi connectivity index (χ2v) is 5.51. The van der Waals surface area contributed by atoms with Gasteiger partial charge in [0.15, 0.2) is 0 Å². The number of rotatable bonds is 3. The third kappa shape index (κ3) is 2.76. The van der Waals surface area contributed by atoms with Crippen molar-refractivity contribution in [1.82, 2.24) is 4.90 Å². The minimum absolute atomic E-state index is 0.397. The molecule has 2 aliphatic rings. The molecule has 2 aliphatic heterocycles. The maximum absolute atomic E-state index is 6.10. The zero-order chi connectivity index (χ0) is 11.5. The average molecular weight is 226 g/mol. The van der Waals surface area contributed by atoms with Crippen LogP contribution in [0.5, 0.6) is 0 Å². The Kier molecular flexibility index (Phi) is 4.22. The molecule has 0 aliphatic carbocycles. The standard InChI is InChI=1S/C13H26N2O/c1-10-11(2)15(8-6-13(10)14)7-5-12-4-3-9-16-12/h10-13H,3-9,14H2,1-2H3. The maximum atomic E-state index is 6.10. The molecule has 16 heavy (non-hydrogen) atoms. The van der Waals surface area contributed by atoms with Crippen LogP contribution in [0.1, 0.15) is 39.5 Å². The van der Waals surface area contributed by atoms with E-state index in [1.54, 1.807) is 0 Å². The van der Waals surface area contributed by atoms with E-state index in [4.69, 9.17) is 10.5 Å². The highest BCUT2D eigenvalue weighted by Gasteiger charge is 2.30. The fraction of sp³-hybridized carbons (Fsp3) is 1.00. The van der Waals surface area contributed by atoms with Crippen molar-refractivity contribution >= 4 is 0 Å². The predicted octanol–water partition coefficient (Wildman–Crippen LogP) is 1.61. The Hall–Kier alpha value is -0.120. The van der Waals surface area contributed by atoms with Crippen molar-refractivity contribution in [3.05, 3.63) is 0 Å². The lowest BCUT2D eigenvalue weighted by Gasteiger charge is -2.41. The first-order valence-electron chi connectivity index (χ1n) is 6.79. The number of nitrogens with zero attached hydrogens (tertiary/aromatic N) is 1. The van der Waals surface area contributed by atoms with E-state index in [1.165, 1.54) is 32.4 Å². The molecule has 3 nitrogen and oxygen atoms in total. The Balaban J connectivity index is 1.76. The number of hydrogen-bond acceptors (Lipinski definition) is 3. The van der Waals surface area contributed by atoms with E-state index in [1.807, 2.05) is 0 Å². The van der Waals surface area contributed by atoms with Crippen molar-refractivity contribution in [3.8, 4) is 0 Å². The zero-order valence-electron chi connectivity index (χ0n) is 10.7. The highest BCUT2D eigenvalue weighted by molar-refractivity contribution is 4.87. The van der Waals surface area contributed by atoms with Gasteiger partial charge >= 0.3 is 0 Å². The quantitative estimate of drug-likeness (QED) is 0.794. The molecular formula is C13H26N2O. The lowest BCUT2D eigenvalue weighted by atomic mass is 9.87. The van der Waals surface area contributed by atoms with Gasteiger partial charge in [0.25, 0.3) is 0 Å². The van der Waals surface area contributed by atoms with Crippen molar-refractivity contribution < 1.29 is 4.74 Å². The zero-order valence-corrected chi connectivity index (χ0v) is 10.7. The van der Waals surface area contributed by atoms with E-state index < -0.39 is 0 Å². The third-order valence-corrected chi connectivity index (χ3v) is 4.52. The fourth-order valence-corrected chi connectivity index (χ4v) is 2.97. The summed E-state index contributed by atoms with van der Waals surface area (Å²) >= 11 is 0. The molecule has 0 radical (unpaired) electrons. The van der Waals surface area contributed by atoms with Gasteiger partial charge in [0, 0.05) is 25.2 Å². The van der Waals surface area contributed by atoms with Crippen molar-refractivity contribution in [3.63, 3.8) is 0 Å². The molecule has 2 rings (SSSR count). The van der Waals surface area contributed by atoms with Gasteiger partial charge in [-0.2, -0.15) is 0 Å². The normalized spacial score (nSPS) is 41.4. The van der Waals surface area contributed by atoms with Crippen LogP contribution in [0.25, 0.3) is 0 Å². The molecule has 3 heteroatoms. The van der Waals surface area contributed by atoms with Gasteiger partial charge in [0.1, 0.15) is 0 Å². The molecule has 0 aromatic rings. The Labute approximate surface area is 99.3 Å². The van der Waals surface area contributed by atoms with Gasteiger partial charge in [-0.05, 0) is 45.1 Å². The monoisotopic (exact) mass is 226 g/mol. The van der Waals surface area contributed by atoms with E-state index in [9.17, 15) is 0 Å². The van der Waals surface area contributed by atoms with Gasteiger partial charge in [0.05, 0.1) is 6.10 Å². The van der Waals surface area contributed by atoms with Crippen LogP contribution in [-0.4, -0.2) is 42.8 Å². The van der Waals surface area contributed by atoms with Gasteiger partial charge in [-0.15, -0.1) is 0 Å². The number of nitrogens with two attached hydrogens (primary N) is 1. The van der Waals surface area contributed by atoms with Crippen molar-refractivity contribution in [2.24, 2.45) is 11.7 Å². The second-order valence-electron chi connectivity index (χ2n) is 5.51. The van der Waals surface area contributed by atoms with Gasteiger partial charge in [0.2, 0.25) is 0 Å². The van der Waals surface area contributed by atoms with Crippen LogP contribution < -0.4 is 5.73 Å². The number of likely N-dealkylation sites (tertiary alicyclic amines) is 1. The molecule has 0 amide bonds. The number of piperidine rings is 1. The van der Waals surface area contributed by atoms with Gasteiger partial charge in [-0.1, -0.05) is 6.92 Å². The largest absolute Gasteiger partial charge is 0.378 e. The summed E-state index contributed by atoms with van der Waals surface area (Å²) in [5.41, 5.74) is 6.10. The third-order valence-electron chi connectivity index (χ3n) is 4.52. The summed E-state index contributed by atoms with van der Waals surface area (Å²) in [5.74, 6) is 0.623. The molecule has 4 atom stereocenters. The Bertz CT molecular complexity index is 216. The fourth-order valence-electron chi connectivity index (χ4n) is 2.97. The Morgan fingerprint density at radius 2 is 2.12 bits per heavy atom. The molecule has 0 bridgehead atoms. The maximum Gasteiger partial charge on any atom is 0.0588 e. The SMILES string of the molecule is CC1C(N)CCN(CCC2CCCO2)C1C. The van der Waals surface area contributed by atoms with E-state index in [0.717, 1.165) is 13.0 Å². The molecule has 94 valence electrons. The minimum atomic E-state index is 0.397. The molecule has 0 aromatic heterocycles. The van der Waals surface area contributed by atoms with Crippen LogP contribution in [-0.2, 0) is 4.74 Å². The van der Waals surface area contributed by atoms with Gasteiger partial charge in [-0.3, -0.25) is 0 Å². The van der Waals surface area contributed by atoms with Crippen LogP contribution in [0.4, 0.5) is 0 Å². The first-order chi connectivity index (χ1) is 7.68. The molecule has 0 aromatic carbocycles. The first-order valence-corrected chi connectivity index (χ1v) is 6.79. The smallest absolute Gasteiger partial charge is 0.0588 e.